The molecule has 2 aromatic rings. The summed E-state index contributed by atoms with van der Waals surface area (Å²) in [5, 5.41) is 28.7. The zero-order valence-electron chi connectivity index (χ0n) is 13.0. The number of benzene rings is 2. The molecular weight excluding hydrogens is 347 g/mol. The van der Waals surface area contributed by atoms with Crippen LogP contribution in [0.2, 0.25) is 10.0 Å². The molecule has 0 saturated heterocycles. The fourth-order valence-corrected chi connectivity index (χ4v) is 3.44. The van der Waals surface area contributed by atoms with E-state index in [0.717, 1.165) is 11.4 Å². The molecule has 1 aliphatic carbocycles. The second-order valence-corrected chi connectivity index (χ2v) is 7.00. The molecule has 0 aromatic heterocycles. The molecule has 1 fully saturated rings. The van der Waals surface area contributed by atoms with E-state index in [1.165, 1.54) is 0 Å². The van der Waals surface area contributed by atoms with Crippen LogP contribution in [0.3, 0.4) is 0 Å². The molecule has 0 bridgehead atoms. The minimum Gasteiger partial charge on any atom is -0.391 e. The molecule has 2 aromatic carbocycles. The summed E-state index contributed by atoms with van der Waals surface area (Å²) < 4.78 is 0. The van der Waals surface area contributed by atoms with Gasteiger partial charge in [-0.15, -0.1) is 0 Å². The molecule has 0 radical (unpaired) electrons. The van der Waals surface area contributed by atoms with E-state index in [9.17, 15) is 10.2 Å². The summed E-state index contributed by atoms with van der Waals surface area (Å²) in [4.78, 5) is 0. The molecule has 1 saturated carbocycles. The summed E-state index contributed by atoms with van der Waals surface area (Å²) in [5.41, 5.74) is 1.67. The molecule has 0 unspecified atom stereocenters. The van der Waals surface area contributed by atoms with Gasteiger partial charge in [0.25, 0.3) is 0 Å². The normalized spacial score (nSPS) is 26.8. The highest BCUT2D eigenvalue weighted by atomic mass is 35.5. The van der Waals surface area contributed by atoms with Gasteiger partial charge in [0.1, 0.15) is 0 Å². The Labute approximate surface area is 151 Å². The number of hydrogen-bond donors (Lipinski definition) is 4. The Morgan fingerprint density at radius 3 is 1.54 bits per heavy atom. The quantitative estimate of drug-likeness (QED) is 0.664. The van der Waals surface area contributed by atoms with E-state index in [1.54, 1.807) is 24.3 Å². The number of aliphatic hydroxyl groups excluding tert-OH is 2. The van der Waals surface area contributed by atoms with Gasteiger partial charge in [-0.1, -0.05) is 35.3 Å². The number of hydrogen-bond acceptors (Lipinski definition) is 4. The molecule has 128 valence electrons. The first-order valence-corrected chi connectivity index (χ1v) is 8.67. The summed E-state index contributed by atoms with van der Waals surface area (Å²) in [6, 6.07) is 14.2. The fraction of sp³-hybridized carbons (Fsp3) is 0.333. The highest BCUT2D eigenvalue weighted by Gasteiger charge is 2.35. The van der Waals surface area contributed by atoms with Gasteiger partial charge in [-0.25, -0.2) is 0 Å². The van der Waals surface area contributed by atoms with Crippen molar-refractivity contribution in [3.05, 3.63) is 58.6 Å². The van der Waals surface area contributed by atoms with Crippen LogP contribution in [0, 0.1) is 0 Å². The molecule has 24 heavy (non-hydrogen) atoms. The Kier molecular flexibility index (Phi) is 5.51. The van der Waals surface area contributed by atoms with Crippen LogP contribution >= 0.6 is 23.2 Å². The standard InChI is InChI=1S/C18H20Cl2N2O2/c19-11-3-1-5-13(7-11)21-15-9-18(24)16(10-17(15)23)22-14-6-2-4-12(20)8-14/h1-8,15-18,21-24H,9-10H2/t15-,16+,17-,18+. The number of anilines is 2. The van der Waals surface area contributed by atoms with Crippen molar-refractivity contribution in [2.45, 2.75) is 37.1 Å². The third kappa shape index (κ3) is 4.33. The van der Waals surface area contributed by atoms with Crippen molar-refractivity contribution in [2.24, 2.45) is 0 Å². The summed E-state index contributed by atoms with van der Waals surface area (Å²) in [6.07, 6.45) is -0.286. The first kappa shape index (κ1) is 17.4. The number of halogens is 2. The highest BCUT2D eigenvalue weighted by Crippen LogP contribution is 2.27. The molecule has 0 amide bonds. The zero-order valence-corrected chi connectivity index (χ0v) is 14.5. The van der Waals surface area contributed by atoms with Crippen LogP contribution in [0.1, 0.15) is 12.8 Å². The first-order chi connectivity index (χ1) is 11.5. The van der Waals surface area contributed by atoms with Crippen molar-refractivity contribution in [3.63, 3.8) is 0 Å². The predicted octanol–water partition coefficient (Wildman–Crippen LogP) is 3.77. The van der Waals surface area contributed by atoms with Gasteiger partial charge in [0.15, 0.2) is 0 Å². The van der Waals surface area contributed by atoms with Crippen molar-refractivity contribution in [1.29, 1.82) is 0 Å². The lowest BCUT2D eigenvalue weighted by Crippen LogP contribution is -2.51. The minimum atomic E-state index is -0.580. The molecule has 4 N–H and O–H groups in total. The van der Waals surface area contributed by atoms with Crippen LogP contribution in [-0.4, -0.2) is 34.5 Å². The van der Waals surface area contributed by atoms with Crippen molar-refractivity contribution in [2.75, 3.05) is 10.6 Å². The van der Waals surface area contributed by atoms with Gasteiger partial charge in [0.2, 0.25) is 0 Å². The molecule has 1 aliphatic rings. The summed E-state index contributed by atoms with van der Waals surface area (Å²) >= 11 is 12.0. The lowest BCUT2D eigenvalue weighted by Gasteiger charge is -2.38. The number of nitrogens with one attached hydrogen (secondary N) is 2. The van der Waals surface area contributed by atoms with Gasteiger partial charge < -0.3 is 20.8 Å². The SMILES string of the molecule is O[C@@H]1C[C@H](Nc2cccc(Cl)c2)[C@@H](O)C[C@H]1Nc1cccc(Cl)c1. The van der Waals surface area contributed by atoms with Gasteiger partial charge in [-0.05, 0) is 49.2 Å². The first-order valence-electron chi connectivity index (χ1n) is 7.91. The number of aliphatic hydroxyl groups is 2. The lowest BCUT2D eigenvalue weighted by atomic mass is 9.86. The summed E-state index contributed by atoms with van der Waals surface area (Å²) in [5.74, 6) is 0. The maximum atomic E-state index is 10.4. The Bertz CT molecular complexity index is 639. The van der Waals surface area contributed by atoms with Crippen LogP contribution in [0.15, 0.2) is 48.5 Å². The topological polar surface area (TPSA) is 64.5 Å². The van der Waals surface area contributed by atoms with E-state index >= 15 is 0 Å². The predicted molar refractivity (Wildman–Crippen MR) is 99.0 cm³/mol. The van der Waals surface area contributed by atoms with Crippen LogP contribution < -0.4 is 10.6 Å². The van der Waals surface area contributed by atoms with E-state index in [1.807, 2.05) is 24.3 Å². The van der Waals surface area contributed by atoms with Crippen LogP contribution in [0.4, 0.5) is 11.4 Å². The van der Waals surface area contributed by atoms with Gasteiger partial charge in [0, 0.05) is 21.4 Å². The van der Waals surface area contributed by atoms with Crippen molar-refractivity contribution in [1.82, 2.24) is 0 Å². The second kappa shape index (κ2) is 7.62. The Hall–Kier alpha value is -1.46. The second-order valence-electron chi connectivity index (χ2n) is 6.13. The Morgan fingerprint density at radius 1 is 0.750 bits per heavy atom. The summed E-state index contributed by atoms with van der Waals surface area (Å²) in [6.45, 7) is 0. The van der Waals surface area contributed by atoms with E-state index in [-0.39, 0.29) is 12.1 Å². The van der Waals surface area contributed by atoms with Crippen molar-refractivity contribution < 1.29 is 10.2 Å². The van der Waals surface area contributed by atoms with Crippen molar-refractivity contribution >= 4 is 34.6 Å². The highest BCUT2D eigenvalue weighted by molar-refractivity contribution is 6.31. The Morgan fingerprint density at radius 2 is 1.17 bits per heavy atom. The van der Waals surface area contributed by atoms with E-state index in [2.05, 4.69) is 10.6 Å². The third-order valence-electron chi connectivity index (χ3n) is 4.27. The van der Waals surface area contributed by atoms with Gasteiger partial charge in [0.05, 0.1) is 24.3 Å². The van der Waals surface area contributed by atoms with E-state index in [4.69, 9.17) is 23.2 Å². The van der Waals surface area contributed by atoms with E-state index in [0.29, 0.717) is 22.9 Å². The molecular formula is C18H20Cl2N2O2. The van der Waals surface area contributed by atoms with Gasteiger partial charge >= 0.3 is 0 Å². The number of rotatable bonds is 4. The third-order valence-corrected chi connectivity index (χ3v) is 4.74. The largest absolute Gasteiger partial charge is 0.391 e. The Balaban J connectivity index is 1.63. The average molecular weight is 367 g/mol. The molecule has 0 spiro atoms. The van der Waals surface area contributed by atoms with Crippen LogP contribution in [0.5, 0.6) is 0 Å². The molecule has 6 heteroatoms. The molecule has 4 nitrogen and oxygen atoms in total. The monoisotopic (exact) mass is 366 g/mol. The summed E-state index contributed by atoms with van der Waals surface area (Å²) in [7, 11) is 0. The lowest BCUT2D eigenvalue weighted by molar-refractivity contribution is 0.0342. The fourth-order valence-electron chi connectivity index (χ4n) is 3.06. The maximum Gasteiger partial charge on any atom is 0.0762 e. The molecule has 3 rings (SSSR count). The molecule has 0 heterocycles. The average Bonchev–Trinajstić information content (AvgIpc) is 2.52. The minimum absolute atomic E-state index is 0.226. The van der Waals surface area contributed by atoms with Gasteiger partial charge in [-0.2, -0.15) is 0 Å². The smallest absolute Gasteiger partial charge is 0.0762 e. The zero-order chi connectivity index (χ0) is 17.1. The van der Waals surface area contributed by atoms with Crippen LogP contribution in [-0.2, 0) is 0 Å². The van der Waals surface area contributed by atoms with Crippen LogP contribution in [0.25, 0.3) is 0 Å². The van der Waals surface area contributed by atoms with Gasteiger partial charge in [-0.3, -0.25) is 0 Å². The van der Waals surface area contributed by atoms with E-state index < -0.39 is 12.2 Å². The maximum absolute atomic E-state index is 10.4. The van der Waals surface area contributed by atoms with Crippen molar-refractivity contribution in [3.8, 4) is 0 Å². The molecule has 4 atom stereocenters. The molecule has 0 aliphatic heterocycles.